The molecule has 1 saturated carbocycles. The molecule has 2 aromatic heterocycles. The van der Waals surface area contributed by atoms with E-state index in [-0.39, 0.29) is 24.9 Å². The summed E-state index contributed by atoms with van der Waals surface area (Å²) in [4.78, 5) is 3.23. The maximum Gasteiger partial charge on any atom is 0.150 e. The molecule has 0 spiro atoms. The van der Waals surface area contributed by atoms with E-state index in [2.05, 4.69) is 10.1 Å². The summed E-state index contributed by atoms with van der Waals surface area (Å²) in [6, 6.07) is 1.75. The van der Waals surface area contributed by atoms with E-state index in [1.54, 1.807) is 6.07 Å². The summed E-state index contributed by atoms with van der Waals surface area (Å²) in [6.45, 7) is 0.899. The minimum atomic E-state index is -0.0155. The molecule has 8 heteroatoms. The lowest BCUT2D eigenvalue weighted by Crippen LogP contribution is -2.18. The zero-order valence-corrected chi connectivity index (χ0v) is 16.7. The van der Waals surface area contributed by atoms with Gasteiger partial charge in [-0.1, -0.05) is 23.2 Å². The first-order valence-corrected chi connectivity index (χ1v) is 10.3. The fourth-order valence-corrected chi connectivity index (χ4v) is 4.23. The van der Waals surface area contributed by atoms with Gasteiger partial charge in [-0.05, 0) is 25.7 Å². The number of rotatable bonds is 5. The van der Waals surface area contributed by atoms with Crippen LogP contribution in [0.15, 0.2) is 24.7 Å². The summed E-state index contributed by atoms with van der Waals surface area (Å²) in [6.07, 6.45) is 9.78. The lowest BCUT2D eigenvalue weighted by atomic mass is 10.1. The Labute approximate surface area is 172 Å². The number of aromatic nitrogens is 3. The van der Waals surface area contributed by atoms with Crippen molar-refractivity contribution in [2.45, 2.75) is 38.0 Å². The smallest absolute Gasteiger partial charge is 0.150 e. The van der Waals surface area contributed by atoms with Gasteiger partial charge in [-0.15, -0.1) is 0 Å². The van der Waals surface area contributed by atoms with Crippen molar-refractivity contribution in [3.8, 4) is 16.9 Å². The third kappa shape index (κ3) is 3.18. The molecule has 2 N–H and O–H groups in total. The van der Waals surface area contributed by atoms with Crippen LogP contribution in [0.5, 0.6) is 5.75 Å². The van der Waals surface area contributed by atoms with E-state index < -0.39 is 0 Å². The minimum absolute atomic E-state index is 0.00607. The topological polar surface area (TPSA) is 72.3 Å². The van der Waals surface area contributed by atoms with Crippen LogP contribution < -0.4 is 4.74 Å². The highest BCUT2D eigenvalue weighted by atomic mass is 35.5. The van der Waals surface area contributed by atoms with Crippen LogP contribution in [0.3, 0.4) is 0 Å². The van der Waals surface area contributed by atoms with E-state index in [0.717, 1.165) is 54.3 Å². The van der Waals surface area contributed by atoms with Gasteiger partial charge in [0.25, 0.3) is 0 Å². The summed E-state index contributed by atoms with van der Waals surface area (Å²) < 4.78 is 13.9. The third-order valence-electron chi connectivity index (χ3n) is 5.55. The standard InChI is InChI=1S/C20H21Cl2N3O3/c21-14-6-16(28-15-5-11(15)10-26)18-13(8-23-20(18)19(14)22)12-7-24-25(9-12)17-3-1-2-4-27-17/h6-9,11,15,17,23,26H,1-5,10H2. The van der Waals surface area contributed by atoms with Gasteiger partial charge in [0, 0.05) is 48.7 Å². The summed E-state index contributed by atoms with van der Waals surface area (Å²) in [5, 5.41) is 15.6. The van der Waals surface area contributed by atoms with Gasteiger partial charge in [0.15, 0.2) is 0 Å². The molecule has 28 heavy (non-hydrogen) atoms. The van der Waals surface area contributed by atoms with Gasteiger partial charge in [0.05, 0.1) is 27.1 Å². The lowest BCUT2D eigenvalue weighted by Gasteiger charge is -2.22. The minimum Gasteiger partial charge on any atom is -0.489 e. The number of H-pyrrole nitrogens is 1. The monoisotopic (exact) mass is 421 g/mol. The molecule has 3 unspecified atom stereocenters. The van der Waals surface area contributed by atoms with Crippen LogP contribution in [0.1, 0.15) is 31.9 Å². The molecule has 1 aliphatic carbocycles. The number of aliphatic hydroxyl groups excluding tert-OH is 1. The third-order valence-corrected chi connectivity index (χ3v) is 6.33. The van der Waals surface area contributed by atoms with Crippen LogP contribution in [0.4, 0.5) is 0 Å². The van der Waals surface area contributed by atoms with E-state index in [0.29, 0.717) is 15.8 Å². The molecule has 1 saturated heterocycles. The maximum absolute atomic E-state index is 9.33. The van der Waals surface area contributed by atoms with Crippen LogP contribution in [0.2, 0.25) is 10.0 Å². The number of benzene rings is 1. The predicted octanol–water partition coefficient (Wildman–Crippen LogP) is 4.80. The van der Waals surface area contributed by atoms with Gasteiger partial charge in [-0.3, -0.25) is 0 Å². The van der Waals surface area contributed by atoms with Crippen molar-refractivity contribution in [3.05, 3.63) is 34.7 Å². The van der Waals surface area contributed by atoms with Crippen molar-refractivity contribution in [1.29, 1.82) is 0 Å². The Morgan fingerprint density at radius 2 is 2.25 bits per heavy atom. The molecule has 0 bridgehead atoms. The van der Waals surface area contributed by atoms with E-state index in [9.17, 15) is 5.11 Å². The Hall–Kier alpha value is -1.73. The number of nitrogens with one attached hydrogen (secondary N) is 1. The number of hydrogen-bond donors (Lipinski definition) is 2. The molecule has 1 aliphatic heterocycles. The first-order valence-electron chi connectivity index (χ1n) is 9.58. The first-order chi connectivity index (χ1) is 13.7. The average molecular weight is 422 g/mol. The van der Waals surface area contributed by atoms with Gasteiger partial charge in [-0.2, -0.15) is 5.10 Å². The molecule has 2 fully saturated rings. The first kappa shape index (κ1) is 18.3. The molecule has 148 valence electrons. The van der Waals surface area contributed by atoms with Crippen LogP contribution >= 0.6 is 23.2 Å². The number of aliphatic hydroxyl groups is 1. The quantitative estimate of drug-likeness (QED) is 0.620. The molecule has 0 radical (unpaired) electrons. The van der Waals surface area contributed by atoms with E-state index in [4.69, 9.17) is 32.7 Å². The average Bonchev–Trinajstić information content (AvgIpc) is 3.09. The molecule has 3 heterocycles. The molecule has 3 atom stereocenters. The van der Waals surface area contributed by atoms with Crippen LogP contribution in [0, 0.1) is 5.92 Å². The second kappa shape index (κ2) is 7.26. The van der Waals surface area contributed by atoms with Crippen LogP contribution in [-0.2, 0) is 4.74 Å². The van der Waals surface area contributed by atoms with Crippen molar-refractivity contribution >= 4 is 34.1 Å². The predicted molar refractivity (Wildman–Crippen MR) is 108 cm³/mol. The summed E-state index contributed by atoms with van der Waals surface area (Å²) >= 11 is 12.7. The van der Waals surface area contributed by atoms with Crippen LogP contribution in [0.25, 0.3) is 22.0 Å². The largest absolute Gasteiger partial charge is 0.489 e. The van der Waals surface area contributed by atoms with Gasteiger partial charge in [0.1, 0.15) is 18.1 Å². The molecular weight excluding hydrogens is 401 g/mol. The highest BCUT2D eigenvalue weighted by molar-refractivity contribution is 6.45. The van der Waals surface area contributed by atoms with Crippen molar-refractivity contribution in [2.75, 3.05) is 13.2 Å². The number of fused-ring (bicyclic) bond motifs is 1. The normalized spacial score (nSPS) is 24.6. The Kier molecular flexibility index (Phi) is 4.75. The lowest BCUT2D eigenvalue weighted by molar-refractivity contribution is -0.0394. The molecular formula is C20H21Cl2N3O3. The highest BCUT2D eigenvalue weighted by Gasteiger charge is 2.39. The SMILES string of the molecule is OCC1CC1Oc1cc(Cl)c(Cl)c2[nH]cc(-c3cnn(C4CCCCO4)c3)c12. The Balaban J connectivity index is 1.54. The maximum atomic E-state index is 9.33. The van der Waals surface area contributed by atoms with Gasteiger partial charge in [0.2, 0.25) is 0 Å². The molecule has 3 aromatic rings. The summed E-state index contributed by atoms with van der Waals surface area (Å²) in [5.74, 6) is 0.848. The molecule has 1 aromatic carbocycles. The summed E-state index contributed by atoms with van der Waals surface area (Å²) in [7, 11) is 0. The zero-order valence-electron chi connectivity index (χ0n) is 15.2. The fraction of sp³-hybridized carbons (Fsp3) is 0.450. The fourth-order valence-electron chi connectivity index (χ4n) is 3.83. The molecule has 0 amide bonds. The van der Waals surface area contributed by atoms with Gasteiger partial charge >= 0.3 is 0 Å². The number of hydrogen-bond acceptors (Lipinski definition) is 4. The van der Waals surface area contributed by atoms with E-state index in [1.165, 1.54) is 0 Å². The zero-order chi connectivity index (χ0) is 19.3. The van der Waals surface area contributed by atoms with Crippen LogP contribution in [-0.4, -0.2) is 39.2 Å². The van der Waals surface area contributed by atoms with Crippen molar-refractivity contribution in [3.63, 3.8) is 0 Å². The van der Waals surface area contributed by atoms with E-state index >= 15 is 0 Å². The second-order valence-electron chi connectivity index (χ2n) is 7.49. The molecule has 6 nitrogen and oxygen atoms in total. The van der Waals surface area contributed by atoms with Crippen molar-refractivity contribution < 1.29 is 14.6 Å². The van der Waals surface area contributed by atoms with Crippen molar-refractivity contribution in [2.24, 2.45) is 5.92 Å². The Bertz CT molecular complexity index is 1010. The Morgan fingerprint density at radius 3 is 3.00 bits per heavy atom. The van der Waals surface area contributed by atoms with E-state index in [1.807, 2.05) is 23.3 Å². The van der Waals surface area contributed by atoms with Gasteiger partial charge in [-0.25, -0.2) is 4.68 Å². The second-order valence-corrected chi connectivity index (χ2v) is 8.27. The Morgan fingerprint density at radius 1 is 1.36 bits per heavy atom. The number of aromatic amines is 1. The molecule has 5 rings (SSSR count). The number of halogens is 2. The van der Waals surface area contributed by atoms with Crippen molar-refractivity contribution in [1.82, 2.24) is 14.8 Å². The molecule has 2 aliphatic rings. The number of nitrogens with zero attached hydrogens (tertiary/aromatic N) is 2. The van der Waals surface area contributed by atoms with Gasteiger partial charge < -0.3 is 19.6 Å². The summed E-state index contributed by atoms with van der Waals surface area (Å²) in [5.41, 5.74) is 2.65. The number of ether oxygens (including phenoxy) is 2. The highest BCUT2D eigenvalue weighted by Crippen LogP contribution is 2.45.